The molecule has 0 fully saturated rings. The van der Waals surface area contributed by atoms with Crippen molar-refractivity contribution in [1.82, 2.24) is 0 Å². The Morgan fingerprint density at radius 1 is 1.00 bits per heavy atom. The first kappa shape index (κ1) is 26.4. The third kappa shape index (κ3) is 8.19. The fourth-order valence-corrected chi connectivity index (χ4v) is 5.41. The molecule has 1 aromatic carbocycles. The van der Waals surface area contributed by atoms with Crippen LogP contribution in [0.5, 0.6) is 11.5 Å². The summed E-state index contributed by atoms with van der Waals surface area (Å²) in [4.78, 5) is 0. The van der Waals surface area contributed by atoms with E-state index in [1.807, 2.05) is 6.92 Å². The van der Waals surface area contributed by atoms with E-state index >= 15 is 0 Å². The quantitative estimate of drug-likeness (QED) is 0.304. The van der Waals surface area contributed by atoms with Crippen molar-refractivity contribution in [3.05, 3.63) is 22.8 Å². The number of aromatic hydroxyl groups is 1. The van der Waals surface area contributed by atoms with Crippen molar-refractivity contribution in [3.63, 3.8) is 0 Å². The van der Waals surface area contributed by atoms with Gasteiger partial charge in [-0.1, -0.05) is 72.6 Å². The summed E-state index contributed by atoms with van der Waals surface area (Å²) < 4.78 is 6.53. The zero-order valence-electron chi connectivity index (χ0n) is 21.0. The highest BCUT2D eigenvalue weighted by Crippen LogP contribution is 2.43. The Morgan fingerprint density at radius 2 is 1.58 bits per heavy atom. The van der Waals surface area contributed by atoms with E-state index in [1.165, 1.54) is 51.4 Å². The number of hydrogen-bond acceptors (Lipinski definition) is 2. The Morgan fingerprint density at radius 3 is 2.16 bits per heavy atom. The maximum Gasteiger partial charge on any atom is 0.126 e. The fourth-order valence-electron chi connectivity index (χ4n) is 5.11. The van der Waals surface area contributed by atoms with Gasteiger partial charge in [-0.15, -0.1) is 11.6 Å². The van der Waals surface area contributed by atoms with E-state index in [0.29, 0.717) is 11.6 Å². The zero-order chi connectivity index (χ0) is 23.0. The average molecular weight is 451 g/mol. The van der Waals surface area contributed by atoms with Crippen molar-refractivity contribution >= 4 is 11.6 Å². The van der Waals surface area contributed by atoms with Crippen LogP contribution >= 0.6 is 11.6 Å². The largest absolute Gasteiger partial charge is 0.508 e. The van der Waals surface area contributed by atoms with Gasteiger partial charge in [-0.3, -0.25) is 0 Å². The minimum absolute atomic E-state index is 0.108. The Kier molecular flexibility index (Phi) is 10.5. The molecule has 0 saturated heterocycles. The first-order valence-electron chi connectivity index (χ1n) is 12.7. The predicted octanol–water partition coefficient (Wildman–Crippen LogP) is 8.96. The number of aryl methyl sites for hydroxylation is 1. The summed E-state index contributed by atoms with van der Waals surface area (Å²) in [5.74, 6) is 4.12. The number of halogens is 1. The molecular weight excluding hydrogens is 404 g/mol. The van der Waals surface area contributed by atoms with Crippen LogP contribution in [0.2, 0.25) is 0 Å². The average Bonchev–Trinajstić information content (AvgIpc) is 2.68. The first-order valence-corrected chi connectivity index (χ1v) is 13.3. The Hall–Kier alpha value is -0.890. The standard InChI is InChI=1S/C28H47ClO2/c1-20(2)10-7-11-21(3)12-8-13-22(4)14-9-16-28(6)17-15-24-25(19-29)26(30)18-23(5)27(24)31-28/h18,20-22,30H,7-17,19H2,1-6H3/t21-,22-,28-/m1/s1. The van der Waals surface area contributed by atoms with E-state index < -0.39 is 0 Å². The molecule has 3 heteroatoms. The van der Waals surface area contributed by atoms with Crippen molar-refractivity contribution in [2.45, 2.75) is 124 Å². The summed E-state index contributed by atoms with van der Waals surface area (Å²) in [6.07, 6.45) is 13.8. The van der Waals surface area contributed by atoms with Gasteiger partial charge in [-0.2, -0.15) is 0 Å². The summed E-state index contributed by atoms with van der Waals surface area (Å²) in [7, 11) is 0. The van der Waals surface area contributed by atoms with E-state index in [4.69, 9.17) is 16.3 Å². The van der Waals surface area contributed by atoms with Crippen LogP contribution < -0.4 is 4.74 Å². The monoisotopic (exact) mass is 450 g/mol. The normalized spacial score (nSPS) is 20.4. The van der Waals surface area contributed by atoms with Crippen LogP contribution in [-0.4, -0.2) is 10.7 Å². The summed E-state index contributed by atoms with van der Waals surface area (Å²) in [6.45, 7) is 13.8. The molecule has 3 atom stereocenters. The third-order valence-electron chi connectivity index (χ3n) is 7.32. The molecule has 1 aromatic rings. The molecule has 0 bridgehead atoms. The van der Waals surface area contributed by atoms with Gasteiger partial charge in [0.05, 0.1) is 5.88 Å². The molecule has 0 aromatic heterocycles. The Labute approximate surface area is 197 Å². The number of phenolic OH excluding ortho intramolecular Hbond substituents is 1. The molecular formula is C28H47ClO2. The van der Waals surface area contributed by atoms with E-state index in [2.05, 4.69) is 34.6 Å². The van der Waals surface area contributed by atoms with Crippen LogP contribution in [0.15, 0.2) is 6.07 Å². The van der Waals surface area contributed by atoms with Crippen molar-refractivity contribution < 1.29 is 9.84 Å². The summed E-state index contributed by atoms with van der Waals surface area (Å²) >= 11 is 6.09. The minimum atomic E-state index is -0.108. The highest BCUT2D eigenvalue weighted by Gasteiger charge is 2.33. The molecule has 0 unspecified atom stereocenters. The highest BCUT2D eigenvalue weighted by molar-refractivity contribution is 6.17. The van der Waals surface area contributed by atoms with Crippen LogP contribution in [0.25, 0.3) is 0 Å². The highest BCUT2D eigenvalue weighted by atomic mass is 35.5. The van der Waals surface area contributed by atoms with Crippen molar-refractivity contribution in [3.8, 4) is 11.5 Å². The number of fused-ring (bicyclic) bond motifs is 1. The molecule has 0 aliphatic carbocycles. The third-order valence-corrected chi connectivity index (χ3v) is 7.59. The van der Waals surface area contributed by atoms with E-state index in [9.17, 15) is 5.11 Å². The Balaban J connectivity index is 1.73. The van der Waals surface area contributed by atoms with Gasteiger partial charge in [0.25, 0.3) is 0 Å². The number of rotatable bonds is 13. The van der Waals surface area contributed by atoms with E-state index in [0.717, 1.165) is 59.5 Å². The molecule has 2 rings (SSSR count). The maximum atomic E-state index is 10.2. The predicted molar refractivity (Wildman–Crippen MR) is 134 cm³/mol. The molecule has 0 saturated carbocycles. The fraction of sp³-hybridized carbons (Fsp3) is 0.786. The second-order valence-corrected chi connectivity index (χ2v) is 11.3. The van der Waals surface area contributed by atoms with Crippen LogP contribution in [0.3, 0.4) is 0 Å². The smallest absolute Gasteiger partial charge is 0.126 e. The van der Waals surface area contributed by atoms with Gasteiger partial charge in [-0.05, 0) is 68.9 Å². The lowest BCUT2D eigenvalue weighted by Gasteiger charge is -2.38. The number of hydrogen-bond donors (Lipinski definition) is 1. The molecule has 178 valence electrons. The van der Waals surface area contributed by atoms with E-state index in [1.54, 1.807) is 6.07 Å². The second kappa shape index (κ2) is 12.4. The molecule has 0 radical (unpaired) electrons. The van der Waals surface area contributed by atoms with Gasteiger partial charge >= 0.3 is 0 Å². The van der Waals surface area contributed by atoms with E-state index in [-0.39, 0.29) is 5.60 Å². The maximum absolute atomic E-state index is 10.2. The van der Waals surface area contributed by atoms with Crippen molar-refractivity contribution in [1.29, 1.82) is 0 Å². The van der Waals surface area contributed by atoms with Crippen LogP contribution in [0.4, 0.5) is 0 Å². The zero-order valence-corrected chi connectivity index (χ0v) is 21.8. The van der Waals surface area contributed by atoms with Gasteiger partial charge in [0.15, 0.2) is 0 Å². The van der Waals surface area contributed by atoms with Gasteiger partial charge in [-0.25, -0.2) is 0 Å². The molecule has 1 aliphatic rings. The minimum Gasteiger partial charge on any atom is -0.508 e. The van der Waals surface area contributed by atoms with Crippen LogP contribution in [0, 0.1) is 24.7 Å². The van der Waals surface area contributed by atoms with Crippen LogP contribution in [0.1, 0.15) is 116 Å². The number of ether oxygens (including phenoxy) is 1. The van der Waals surface area contributed by atoms with Gasteiger partial charge in [0.1, 0.15) is 17.1 Å². The lowest BCUT2D eigenvalue weighted by molar-refractivity contribution is 0.0512. The SMILES string of the molecule is Cc1cc(O)c(CCl)c2c1O[C@](C)(CCC[C@H](C)CCC[C@H](C)CCCC(C)C)CC2. The first-order chi connectivity index (χ1) is 14.6. The molecule has 31 heavy (non-hydrogen) atoms. The molecule has 0 amide bonds. The second-order valence-electron chi connectivity index (χ2n) is 11.0. The lowest BCUT2D eigenvalue weighted by Crippen LogP contribution is -2.37. The van der Waals surface area contributed by atoms with Gasteiger partial charge in [0.2, 0.25) is 0 Å². The number of phenols is 1. The number of alkyl halides is 1. The number of benzene rings is 1. The molecule has 1 N–H and O–H groups in total. The van der Waals surface area contributed by atoms with Gasteiger partial charge < -0.3 is 9.84 Å². The molecule has 1 aliphatic heterocycles. The van der Waals surface area contributed by atoms with Gasteiger partial charge in [0, 0.05) is 11.1 Å². The summed E-state index contributed by atoms with van der Waals surface area (Å²) in [5, 5.41) is 10.2. The summed E-state index contributed by atoms with van der Waals surface area (Å²) in [6, 6.07) is 1.80. The summed E-state index contributed by atoms with van der Waals surface area (Å²) in [5.41, 5.74) is 2.86. The molecule has 2 nitrogen and oxygen atoms in total. The lowest BCUT2D eigenvalue weighted by atomic mass is 9.84. The molecule has 0 spiro atoms. The van der Waals surface area contributed by atoms with Crippen LogP contribution in [-0.2, 0) is 12.3 Å². The van der Waals surface area contributed by atoms with Crippen molar-refractivity contribution in [2.75, 3.05) is 0 Å². The topological polar surface area (TPSA) is 29.5 Å². The molecule has 1 heterocycles. The Bertz CT molecular complexity index is 684. The van der Waals surface area contributed by atoms with Crippen molar-refractivity contribution in [2.24, 2.45) is 17.8 Å².